The van der Waals surface area contributed by atoms with Gasteiger partial charge in [0.15, 0.2) is 5.65 Å². The number of carbonyl (C=O) groups is 1. The molecule has 8 heteroatoms. The Kier molecular flexibility index (Phi) is 3.65. The highest BCUT2D eigenvalue weighted by molar-refractivity contribution is 6.07. The Balaban J connectivity index is 1.70. The SMILES string of the molecule is Cc1ccc(C)c(-n2nccc2NC(=O)c2cnn3ccc(N)nc23)c1. The Morgan fingerprint density at radius 2 is 2.00 bits per heavy atom. The Morgan fingerprint density at radius 1 is 1.15 bits per heavy atom. The molecule has 0 bridgehead atoms. The van der Waals surface area contributed by atoms with Gasteiger partial charge < -0.3 is 11.1 Å². The summed E-state index contributed by atoms with van der Waals surface area (Å²) in [6.07, 6.45) is 4.77. The second-order valence-electron chi connectivity index (χ2n) is 6.05. The van der Waals surface area contributed by atoms with Crippen molar-refractivity contribution in [1.29, 1.82) is 0 Å². The molecule has 0 unspecified atom stereocenters. The molecule has 4 aromatic rings. The predicted octanol–water partition coefficient (Wildman–Crippen LogP) is 2.37. The monoisotopic (exact) mass is 347 g/mol. The Bertz CT molecular complexity index is 1130. The lowest BCUT2D eigenvalue weighted by Crippen LogP contribution is -2.16. The van der Waals surface area contributed by atoms with Gasteiger partial charge in [-0.2, -0.15) is 10.2 Å². The Hall–Kier alpha value is -3.68. The molecule has 26 heavy (non-hydrogen) atoms. The van der Waals surface area contributed by atoms with E-state index in [4.69, 9.17) is 5.73 Å². The number of fused-ring (bicyclic) bond motifs is 1. The van der Waals surface area contributed by atoms with Gasteiger partial charge in [0.2, 0.25) is 0 Å². The molecular formula is C18H17N7O. The van der Waals surface area contributed by atoms with Gasteiger partial charge >= 0.3 is 0 Å². The van der Waals surface area contributed by atoms with Crippen LogP contribution in [0.3, 0.4) is 0 Å². The second kappa shape index (κ2) is 5.99. The molecule has 0 atom stereocenters. The summed E-state index contributed by atoms with van der Waals surface area (Å²) >= 11 is 0. The highest BCUT2D eigenvalue weighted by Crippen LogP contribution is 2.21. The molecule has 0 saturated carbocycles. The first-order chi connectivity index (χ1) is 12.5. The number of nitrogens with zero attached hydrogens (tertiary/aromatic N) is 5. The number of hydrogen-bond donors (Lipinski definition) is 2. The molecule has 0 aliphatic heterocycles. The molecule has 4 rings (SSSR count). The number of hydrogen-bond acceptors (Lipinski definition) is 5. The van der Waals surface area contributed by atoms with E-state index in [1.165, 1.54) is 10.7 Å². The number of rotatable bonds is 3. The molecule has 3 aromatic heterocycles. The van der Waals surface area contributed by atoms with Gasteiger partial charge in [-0.15, -0.1) is 0 Å². The first kappa shape index (κ1) is 15.8. The average Bonchev–Trinajstić information content (AvgIpc) is 3.23. The maximum Gasteiger partial charge on any atom is 0.262 e. The number of nitrogen functional groups attached to an aromatic ring is 1. The van der Waals surface area contributed by atoms with Gasteiger partial charge in [-0.1, -0.05) is 12.1 Å². The fraction of sp³-hybridized carbons (Fsp3) is 0.111. The van der Waals surface area contributed by atoms with Crippen molar-refractivity contribution in [2.45, 2.75) is 13.8 Å². The summed E-state index contributed by atoms with van der Waals surface area (Å²) in [4.78, 5) is 16.9. The first-order valence-electron chi connectivity index (χ1n) is 8.06. The van der Waals surface area contributed by atoms with Crippen LogP contribution in [0, 0.1) is 13.8 Å². The van der Waals surface area contributed by atoms with Crippen LogP contribution in [0.2, 0.25) is 0 Å². The normalized spacial score (nSPS) is 11.0. The van der Waals surface area contributed by atoms with Gasteiger partial charge in [0.25, 0.3) is 5.91 Å². The van der Waals surface area contributed by atoms with Crippen LogP contribution < -0.4 is 11.1 Å². The lowest BCUT2D eigenvalue weighted by molar-refractivity contribution is 0.102. The molecule has 3 heterocycles. The van der Waals surface area contributed by atoms with E-state index >= 15 is 0 Å². The molecule has 0 fully saturated rings. The van der Waals surface area contributed by atoms with Gasteiger partial charge in [0.05, 0.1) is 18.1 Å². The Morgan fingerprint density at radius 3 is 2.85 bits per heavy atom. The van der Waals surface area contributed by atoms with Gasteiger partial charge in [0, 0.05) is 12.3 Å². The largest absolute Gasteiger partial charge is 0.384 e. The van der Waals surface area contributed by atoms with Crippen LogP contribution in [0.1, 0.15) is 21.5 Å². The van der Waals surface area contributed by atoms with Crippen LogP contribution in [0.25, 0.3) is 11.3 Å². The van der Waals surface area contributed by atoms with E-state index < -0.39 is 0 Å². The third kappa shape index (κ3) is 2.67. The summed E-state index contributed by atoms with van der Waals surface area (Å²) < 4.78 is 3.21. The fourth-order valence-corrected chi connectivity index (χ4v) is 2.76. The highest BCUT2D eigenvalue weighted by atomic mass is 16.1. The summed E-state index contributed by atoms with van der Waals surface area (Å²) in [7, 11) is 0. The zero-order valence-electron chi connectivity index (χ0n) is 14.3. The third-order valence-electron chi connectivity index (χ3n) is 4.11. The molecule has 0 saturated heterocycles. The van der Waals surface area contributed by atoms with Gasteiger partial charge in [-0.3, -0.25) is 4.79 Å². The summed E-state index contributed by atoms with van der Waals surface area (Å²) in [5.74, 6) is 0.560. The number of nitrogens with one attached hydrogen (secondary N) is 1. The zero-order valence-corrected chi connectivity index (χ0v) is 14.3. The third-order valence-corrected chi connectivity index (χ3v) is 4.11. The molecule has 8 nitrogen and oxygen atoms in total. The minimum atomic E-state index is -0.329. The van der Waals surface area contributed by atoms with E-state index in [1.54, 1.807) is 29.2 Å². The van der Waals surface area contributed by atoms with Crippen molar-refractivity contribution in [3.63, 3.8) is 0 Å². The van der Waals surface area contributed by atoms with Gasteiger partial charge in [-0.25, -0.2) is 14.2 Å². The van der Waals surface area contributed by atoms with Crippen molar-refractivity contribution in [2.75, 3.05) is 11.1 Å². The smallest absolute Gasteiger partial charge is 0.262 e. The molecule has 0 aliphatic rings. The number of aromatic nitrogens is 5. The van der Waals surface area contributed by atoms with Crippen LogP contribution in [-0.2, 0) is 0 Å². The van der Waals surface area contributed by atoms with Crippen molar-refractivity contribution in [2.24, 2.45) is 0 Å². The quantitative estimate of drug-likeness (QED) is 0.592. The van der Waals surface area contributed by atoms with Crippen LogP contribution in [0.15, 0.2) is 48.9 Å². The molecule has 130 valence electrons. The number of benzene rings is 1. The second-order valence-corrected chi connectivity index (χ2v) is 6.05. The number of amides is 1. The number of nitrogens with two attached hydrogens (primary N) is 1. The summed E-state index contributed by atoms with van der Waals surface area (Å²) in [5.41, 5.74) is 9.54. The molecule has 3 N–H and O–H groups in total. The van der Waals surface area contributed by atoms with E-state index in [1.807, 2.05) is 32.0 Å². The van der Waals surface area contributed by atoms with Gasteiger partial charge in [0.1, 0.15) is 17.2 Å². The van der Waals surface area contributed by atoms with Crippen LogP contribution in [-0.4, -0.2) is 30.3 Å². The first-order valence-corrected chi connectivity index (χ1v) is 8.06. The molecule has 0 radical (unpaired) electrons. The van der Waals surface area contributed by atoms with E-state index in [9.17, 15) is 4.79 Å². The van der Waals surface area contributed by atoms with Crippen molar-refractivity contribution in [3.05, 3.63) is 65.6 Å². The molecule has 0 spiro atoms. The average molecular weight is 347 g/mol. The zero-order chi connectivity index (χ0) is 18.3. The number of carbonyl (C=O) groups excluding carboxylic acids is 1. The molecule has 1 aromatic carbocycles. The maximum atomic E-state index is 12.7. The van der Waals surface area contributed by atoms with E-state index in [-0.39, 0.29) is 5.91 Å². The minimum Gasteiger partial charge on any atom is -0.384 e. The summed E-state index contributed by atoms with van der Waals surface area (Å²) in [6.45, 7) is 4.01. The van der Waals surface area contributed by atoms with Gasteiger partial charge in [-0.05, 0) is 37.1 Å². The van der Waals surface area contributed by atoms with Crippen molar-refractivity contribution in [3.8, 4) is 5.69 Å². The maximum absolute atomic E-state index is 12.7. The lowest BCUT2D eigenvalue weighted by Gasteiger charge is -2.11. The topological polar surface area (TPSA) is 103 Å². The van der Waals surface area contributed by atoms with E-state index in [0.717, 1.165) is 16.8 Å². The summed E-state index contributed by atoms with van der Waals surface area (Å²) in [6, 6.07) is 9.45. The van der Waals surface area contributed by atoms with Crippen LogP contribution >= 0.6 is 0 Å². The van der Waals surface area contributed by atoms with Crippen LogP contribution in [0.5, 0.6) is 0 Å². The predicted molar refractivity (Wildman–Crippen MR) is 98.4 cm³/mol. The van der Waals surface area contributed by atoms with E-state index in [2.05, 4.69) is 20.5 Å². The molecule has 0 aliphatic carbocycles. The van der Waals surface area contributed by atoms with Crippen LogP contribution in [0.4, 0.5) is 11.6 Å². The van der Waals surface area contributed by atoms with E-state index in [0.29, 0.717) is 22.8 Å². The van der Waals surface area contributed by atoms with Crippen molar-refractivity contribution >= 4 is 23.2 Å². The fourth-order valence-electron chi connectivity index (χ4n) is 2.76. The van der Waals surface area contributed by atoms with Crippen molar-refractivity contribution < 1.29 is 4.79 Å². The lowest BCUT2D eigenvalue weighted by atomic mass is 10.1. The molecular weight excluding hydrogens is 330 g/mol. The number of anilines is 2. The standard InChI is InChI=1S/C18H17N7O/c1-11-3-4-12(2)14(9-11)25-16(5-7-20-25)23-18(26)13-10-21-24-8-6-15(19)22-17(13)24/h3-10H,1-2H3,(H2,19,22)(H,23,26). The highest BCUT2D eigenvalue weighted by Gasteiger charge is 2.17. The minimum absolute atomic E-state index is 0.326. The van der Waals surface area contributed by atoms with Crippen molar-refractivity contribution in [1.82, 2.24) is 24.4 Å². The summed E-state index contributed by atoms with van der Waals surface area (Å²) in [5, 5.41) is 11.4. The number of aryl methyl sites for hydroxylation is 2. The Labute approximate surface area is 149 Å². The molecule has 1 amide bonds.